The van der Waals surface area contributed by atoms with Crippen LogP contribution in [0.1, 0.15) is 12.8 Å². The standard InChI is InChI=1S/C22H19OS/c1-2-6-16(7-3-1)17-8-10-21-19(14-17)20-15-18(9-11-22(20)23-21)24-12-4-5-13-24/h1-3,6-11,14-15H,4-5,12-13H2/q+1. The van der Waals surface area contributed by atoms with Gasteiger partial charge in [0.2, 0.25) is 0 Å². The zero-order chi connectivity index (χ0) is 15.9. The van der Waals surface area contributed by atoms with Crippen molar-refractivity contribution >= 4 is 32.8 Å². The third-order valence-electron chi connectivity index (χ3n) is 4.91. The Balaban J connectivity index is 1.69. The van der Waals surface area contributed by atoms with Crippen LogP contribution in [0.25, 0.3) is 33.1 Å². The van der Waals surface area contributed by atoms with E-state index in [9.17, 15) is 0 Å². The number of rotatable bonds is 2. The first-order chi connectivity index (χ1) is 11.9. The van der Waals surface area contributed by atoms with Crippen LogP contribution in [0.2, 0.25) is 0 Å². The molecule has 0 aliphatic carbocycles. The van der Waals surface area contributed by atoms with E-state index in [1.165, 1.54) is 51.1 Å². The Hall–Kier alpha value is -2.19. The van der Waals surface area contributed by atoms with E-state index in [4.69, 9.17) is 4.42 Å². The molecule has 0 N–H and O–H groups in total. The fraction of sp³-hybridized carbons (Fsp3) is 0.182. The van der Waals surface area contributed by atoms with E-state index in [0.717, 1.165) is 11.2 Å². The lowest BCUT2D eigenvalue weighted by atomic mass is 10.0. The van der Waals surface area contributed by atoms with Gasteiger partial charge < -0.3 is 4.42 Å². The fourth-order valence-corrected chi connectivity index (χ4v) is 5.96. The second kappa shape index (κ2) is 5.71. The van der Waals surface area contributed by atoms with Gasteiger partial charge >= 0.3 is 0 Å². The zero-order valence-electron chi connectivity index (χ0n) is 13.5. The molecule has 0 spiro atoms. The molecule has 0 amide bonds. The first kappa shape index (κ1) is 14.2. The van der Waals surface area contributed by atoms with E-state index in [1.807, 2.05) is 0 Å². The summed E-state index contributed by atoms with van der Waals surface area (Å²) in [7, 11) is 0.443. The molecule has 0 radical (unpaired) electrons. The quantitative estimate of drug-likeness (QED) is 0.409. The molecule has 0 saturated carbocycles. The van der Waals surface area contributed by atoms with E-state index in [2.05, 4.69) is 66.7 Å². The van der Waals surface area contributed by atoms with Gasteiger partial charge in [0.15, 0.2) is 4.90 Å². The second-order valence-corrected chi connectivity index (χ2v) is 8.72. The lowest BCUT2D eigenvalue weighted by Crippen LogP contribution is -2.02. The van der Waals surface area contributed by atoms with Crippen LogP contribution in [0.15, 0.2) is 76.0 Å². The van der Waals surface area contributed by atoms with Crippen molar-refractivity contribution in [3.05, 3.63) is 66.7 Å². The predicted octanol–water partition coefficient (Wildman–Crippen LogP) is 6.02. The Labute approximate surface area is 144 Å². The van der Waals surface area contributed by atoms with Crippen molar-refractivity contribution in [3.63, 3.8) is 0 Å². The number of hydrogen-bond donors (Lipinski definition) is 0. The van der Waals surface area contributed by atoms with Crippen molar-refractivity contribution in [1.82, 2.24) is 0 Å². The molecular formula is C22H19OS+. The summed E-state index contributed by atoms with van der Waals surface area (Å²) in [5, 5.41) is 2.50. The summed E-state index contributed by atoms with van der Waals surface area (Å²) in [5.41, 5.74) is 4.49. The maximum absolute atomic E-state index is 6.06. The maximum Gasteiger partial charge on any atom is 0.155 e. The molecular weight excluding hydrogens is 312 g/mol. The first-order valence-corrected chi connectivity index (χ1v) is 10.1. The van der Waals surface area contributed by atoms with Gasteiger partial charge in [0, 0.05) is 27.7 Å². The third kappa shape index (κ3) is 2.33. The minimum absolute atomic E-state index is 0.443. The molecule has 118 valence electrons. The van der Waals surface area contributed by atoms with Gasteiger partial charge in [-0.05, 0) is 48.2 Å². The Morgan fingerprint density at radius 2 is 1.38 bits per heavy atom. The van der Waals surface area contributed by atoms with Crippen LogP contribution in [0, 0.1) is 0 Å². The molecule has 1 saturated heterocycles. The van der Waals surface area contributed by atoms with E-state index in [-0.39, 0.29) is 0 Å². The number of furan rings is 1. The van der Waals surface area contributed by atoms with E-state index in [0.29, 0.717) is 10.9 Å². The van der Waals surface area contributed by atoms with Gasteiger partial charge in [-0.1, -0.05) is 36.4 Å². The normalized spacial score (nSPS) is 15.5. The fourth-order valence-electron chi connectivity index (χ4n) is 3.64. The van der Waals surface area contributed by atoms with E-state index >= 15 is 0 Å². The van der Waals surface area contributed by atoms with Crippen LogP contribution in [0.3, 0.4) is 0 Å². The van der Waals surface area contributed by atoms with Gasteiger partial charge in [-0.15, -0.1) is 0 Å². The third-order valence-corrected chi connectivity index (χ3v) is 7.40. The summed E-state index contributed by atoms with van der Waals surface area (Å²) in [6.45, 7) is 0. The van der Waals surface area contributed by atoms with Crippen molar-refractivity contribution in [3.8, 4) is 11.1 Å². The Morgan fingerprint density at radius 3 is 2.17 bits per heavy atom. The summed E-state index contributed by atoms with van der Waals surface area (Å²) in [5.74, 6) is 2.72. The first-order valence-electron chi connectivity index (χ1n) is 8.58. The molecule has 2 heteroatoms. The molecule has 0 atom stereocenters. The minimum atomic E-state index is 0.443. The topological polar surface area (TPSA) is 13.1 Å². The summed E-state index contributed by atoms with van der Waals surface area (Å²) in [6.07, 6.45) is 2.76. The second-order valence-electron chi connectivity index (χ2n) is 6.45. The summed E-state index contributed by atoms with van der Waals surface area (Å²) in [6, 6.07) is 23.9. The highest BCUT2D eigenvalue weighted by atomic mass is 32.2. The van der Waals surface area contributed by atoms with Gasteiger partial charge in [-0.2, -0.15) is 0 Å². The molecule has 1 aliphatic heterocycles. The van der Waals surface area contributed by atoms with Gasteiger partial charge in [0.1, 0.15) is 22.7 Å². The molecule has 0 unspecified atom stereocenters. The lowest BCUT2D eigenvalue weighted by Gasteiger charge is -2.02. The minimum Gasteiger partial charge on any atom is -0.456 e. The molecule has 1 aliphatic rings. The van der Waals surface area contributed by atoms with Gasteiger partial charge in [0.25, 0.3) is 0 Å². The predicted molar refractivity (Wildman–Crippen MR) is 104 cm³/mol. The van der Waals surface area contributed by atoms with Crippen LogP contribution >= 0.6 is 0 Å². The Kier molecular flexibility index (Phi) is 3.37. The van der Waals surface area contributed by atoms with Gasteiger partial charge in [-0.3, -0.25) is 0 Å². The Bertz CT molecular complexity index is 1010. The molecule has 1 aromatic heterocycles. The number of hydrogen-bond acceptors (Lipinski definition) is 1. The molecule has 1 fully saturated rings. The molecule has 3 aromatic carbocycles. The van der Waals surface area contributed by atoms with Crippen molar-refractivity contribution in [1.29, 1.82) is 0 Å². The highest BCUT2D eigenvalue weighted by Gasteiger charge is 2.27. The van der Waals surface area contributed by atoms with Crippen LogP contribution < -0.4 is 0 Å². The average Bonchev–Trinajstić information content (AvgIpc) is 3.29. The number of benzene rings is 3. The van der Waals surface area contributed by atoms with Crippen LogP contribution in [-0.4, -0.2) is 11.5 Å². The van der Waals surface area contributed by atoms with Gasteiger partial charge in [-0.25, -0.2) is 0 Å². The highest BCUT2D eigenvalue weighted by Crippen LogP contribution is 2.35. The van der Waals surface area contributed by atoms with E-state index in [1.54, 1.807) is 0 Å². The molecule has 2 heterocycles. The van der Waals surface area contributed by atoms with Crippen LogP contribution in [0.5, 0.6) is 0 Å². The van der Waals surface area contributed by atoms with E-state index < -0.39 is 0 Å². The van der Waals surface area contributed by atoms with Crippen LogP contribution in [-0.2, 0) is 10.9 Å². The van der Waals surface area contributed by atoms with Gasteiger partial charge in [0.05, 0.1) is 0 Å². The van der Waals surface area contributed by atoms with Crippen molar-refractivity contribution in [2.45, 2.75) is 17.7 Å². The largest absolute Gasteiger partial charge is 0.456 e. The molecule has 1 nitrogen and oxygen atoms in total. The smallest absolute Gasteiger partial charge is 0.155 e. The zero-order valence-corrected chi connectivity index (χ0v) is 14.3. The molecule has 0 bridgehead atoms. The van der Waals surface area contributed by atoms with Crippen molar-refractivity contribution < 1.29 is 4.42 Å². The highest BCUT2D eigenvalue weighted by molar-refractivity contribution is 7.97. The van der Waals surface area contributed by atoms with Crippen LogP contribution in [0.4, 0.5) is 0 Å². The summed E-state index contributed by atoms with van der Waals surface area (Å²) < 4.78 is 6.06. The average molecular weight is 331 g/mol. The summed E-state index contributed by atoms with van der Waals surface area (Å²) >= 11 is 0. The molecule has 5 rings (SSSR count). The monoisotopic (exact) mass is 331 g/mol. The van der Waals surface area contributed by atoms with Crippen molar-refractivity contribution in [2.24, 2.45) is 0 Å². The number of fused-ring (bicyclic) bond motifs is 3. The Morgan fingerprint density at radius 1 is 0.667 bits per heavy atom. The summed E-state index contributed by atoms with van der Waals surface area (Å²) in [4.78, 5) is 1.51. The lowest BCUT2D eigenvalue weighted by molar-refractivity contribution is 0.668. The molecule has 4 aromatic rings. The SMILES string of the molecule is c1ccc(-c2ccc3oc4ccc([S+]5CCCC5)cc4c3c2)cc1. The molecule has 24 heavy (non-hydrogen) atoms. The van der Waals surface area contributed by atoms with Crippen molar-refractivity contribution in [2.75, 3.05) is 11.5 Å². The maximum atomic E-state index is 6.06.